The predicted octanol–water partition coefficient (Wildman–Crippen LogP) is 1.69. The molecule has 0 bridgehead atoms. The number of aromatic nitrogens is 2. The van der Waals surface area contributed by atoms with Gasteiger partial charge in [0.25, 0.3) is 5.91 Å². The zero-order valence-electron chi connectivity index (χ0n) is 12.1. The van der Waals surface area contributed by atoms with Gasteiger partial charge in [-0.25, -0.2) is 0 Å². The lowest BCUT2D eigenvalue weighted by Crippen LogP contribution is -2.39. The second kappa shape index (κ2) is 5.37. The molecule has 21 heavy (non-hydrogen) atoms. The summed E-state index contributed by atoms with van der Waals surface area (Å²) in [5, 5.41) is 10.7. The van der Waals surface area contributed by atoms with Crippen molar-refractivity contribution in [1.29, 1.82) is 0 Å². The smallest absolute Gasteiger partial charge is 0.272 e. The third-order valence-electron chi connectivity index (χ3n) is 4.18. The second-order valence-corrected chi connectivity index (χ2v) is 5.98. The van der Waals surface area contributed by atoms with Crippen LogP contribution in [0.5, 0.6) is 0 Å². The van der Waals surface area contributed by atoms with Gasteiger partial charge in [-0.3, -0.25) is 9.89 Å². The zero-order valence-corrected chi connectivity index (χ0v) is 12.1. The number of nitrogens with two attached hydrogens (primary N) is 1. The van der Waals surface area contributed by atoms with Gasteiger partial charge in [-0.1, -0.05) is 6.92 Å². The molecule has 1 aromatic carbocycles. The summed E-state index contributed by atoms with van der Waals surface area (Å²) in [6.45, 7) is 4.32. The van der Waals surface area contributed by atoms with Crippen LogP contribution in [0.1, 0.15) is 30.3 Å². The fourth-order valence-electron chi connectivity index (χ4n) is 2.62. The lowest BCUT2D eigenvalue weighted by molar-refractivity contribution is 0.0238. The quantitative estimate of drug-likeness (QED) is 0.749. The molecule has 2 heterocycles. The van der Waals surface area contributed by atoms with E-state index in [1.165, 1.54) is 0 Å². The highest BCUT2D eigenvalue weighted by atomic mass is 16.5. The van der Waals surface area contributed by atoms with Crippen LogP contribution in [0.15, 0.2) is 18.2 Å². The predicted molar refractivity (Wildman–Crippen MR) is 81.0 cm³/mol. The van der Waals surface area contributed by atoms with Crippen molar-refractivity contribution in [2.45, 2.75) is 19.8 Å². The van der Waals surface area contributed by atoms with E-state index in [1.807, 2.05) is 6.07 Å². The number of fused-ring (bicyclic) bond motifs is 1. The van der Waals surface area contributed by atoms with Crippen molar-refractivity contribution in [2.75, 3.05) is 25.5 Å². The van der Waals surface area contributed by atoms with Crippen LogP contribution < -0.4 is 11.1 Å². The first kappa shape index (κ1) is 13.9. The SMILES string of the molecule is CC1(CNC(=O)c2n[nH]c3ccc(N)cc23)CCOCC1. The first-order valence-corrected chi connectivity index (χ1v) is 7.17. The third kappa shape index (κ3) is 2.85. The van der Waals surface area contributed by atoms with Crippen LogP contribution in [0.3, 0.4) is 0 Å². The molecule has 6 heteroatoms. The Morgan fingerprint density at radius 2 is 2.24 bits per heavy atom. The van der Waals surface area contributed by atoms with E-state index in [4.69, 9.17) is 10.5 Å². The lowest BCUT2D eigenvalue weighted by atomic mass is 9.82. The number of rotatable bonds is 3. The summed E-state index contributed by atoms with van der Waals surface area (Å²) < 4.78 is 5.37. The van der Waals surface area contributed by atoms with Crippen LogP contribution in [0.25, 0.3) is 10.9 Å². The van der Waals surface area contributed by atoms with Gasteiger partial charge < -0.3 is 15.8 Å². The van der Waals surface area contributed by atoms with E-state index in [0.717, 1.165) is 37.0 Å². The van der Waals surface area contributed by atoms with Crippen molar-refractivity contribution < 1.29 is 9.53 Å². The number of nitrogens with zero attached hydrogens (tertiary/aromatic N) is 1. The molecule has 2 aromatic rings. The molecule has 1 aromatic heterocycles. The molecule has 1 aliphatic rings. The molecular formula is C15H20N4O2. The molecular weight excluding hydrogens is 268 g/mol. The van der Waals surface area contributed by atoms with Crippen molar-refractivity contribution >= 4 is 22.5 Å². The monoisotopic (exact) mass is 288 g/mol. The fraction of sp³-hybridized carbons (Fsp3) is 0.467. The summed E-state index contributed by atoms with van der Waals surface area (Å²) in [6.07, 6.45) is 1.92. The summed E-state index contributed by atoms with van der Waals surface area (Å²) in [5.41, 5.74) is 7.70. The van der Waals surface area contributed by atoms with Crippen LogP contribution in [-0.2, 0) is 4.74 Å². The maximum Gasteiger partial charge on any atom is 0.272 e. The molecule has 3 rings (SSSR count). The average Bonchev–Trinajstić information content (AvgIpc) is 2.89. The van der Waals surface area contributed by atoms with E-state index >= 15 is 0 Å². The van der Waals surface area contributed by atoms with Crippen LogP contribution in [0.4, 0.5) is 5.69 Å². The van der Waals surface area contributed by atoms with Crippen molar-refractivity contribution in [3.8, 4) is 0 Å². The number of hydrogen-bond donors (Lipinski definition) is 3. The van der Waals surface area contributed by atoms with Crippen LogP contribution in [0.2, 0.25) is 0 Å². The molecule has 1 amide bonds. The molecule has 0 unspecified atom stereocenters. The number of H-pyrrole nitrogens is 1. The molecule has 1 fully saturated rings. The molecule has 4 N–H and O–H groups in total. The van der Waals surface area contributed by atoms with E-state index in [2.05, 4.69) is 22.4 Å². The van der Waals surface area contributed by atoms with Gasteiger partial charge in [0.05, 0.1) is 5.52 Å². The molecule has 1 saturated heterocycles. The third-order valence-corrected chi connectivity index (χ3v) is 4.18. The Labute approximate surface area is 123 Å². The first-order valence-electron chi connectivity index (χ1n) is 7.17. The molecule has 0 spiro atoms. The van der Waals surface area contributed by atoms with Crippen LogP contribution >= 0.6 is 0 Å². The van der Waals surface area contributed by atoms with Gasteiger partial charge in [0, 0.05) is 30.8 Å². The zero-order chi connectivity index (χ0) is 14.9. The van der Waals surface area contributed by atoms with E-state index in [0.29, 0.717) is 17.9 Å². The number of benzene rings is 1. The maximum atomic E-state index is 12.4. The molecule has 0 atom stereocenters. The molecule has 112 valence electrons. The van der Waals surface area contributed by atoms with Crippen LogP contribution in [0, 0.1) is 5.41 Å². The summed E-state index contributed by atoms with van der Waals surface area (Å²) in [4.78, 5) is 12.4. The highest BCUT2D eigenvalue weighted by Gasteiger charge is 2.28. The summed E-state index contributed by atoms with van der Waals surface area (Å²) in [5.74, 6) is -0.167. The number of aromatic amines is 1. The number of carbonyl (C=O) groups is 1. The van der Waals surface area contributed by atoms with Gasteiger partial charge in [-0.2, -0.15) is 5.10 Å². The molecule has 0 saturated carbocycles. The topological polar surface area (TPSA) is 93.0 Å². The van der Waals surface area contributed by atoms with E-state index in [-0.39, 0.29) is 11.3 Å². The van der Waals surface area contributed by atoms with Crippen molar-refractivity contribution in [3.05, 3.63) is 23.9 Å². The molecule has 0 aliphatic carbocycles. The Kier molecular flexibility index (Phi) is 3.55. The Bertz CT molecular complexity index is 659. The summed E-state index contributed by atoms with van der Waals surface area (Å²) in [7, 11) is 0. The molecule has 6 nitrogen and oxygen atoms in total. The Hall–Kier alpha value is -2.08. The Balaban J connectivity index is 1.73. The highest BCUT2D eigenvalue weighted by molar-refractivity contribution is 6.05. The Morgan fingerprint density at radius 3 is 3.00 bits per heavy atom. The standard InChI is InChI=1S/C15H20N4O2/c1-15(4-6-21-7-5-15)9-17-14(20)13-11-8-10(16)2-3-12(11)18-19-13/h2-3,8H,4-7,9,16H2,1H3,(H,17,20)(H,18,19). The van der Waals surface area contributed by atoms with Crippen molar-refractivity contribution in [3.63, 3.8) is 0 Å². The molecule has 0 radical (unpaired) electrons. The number of nitrogens with one attached hydrogen (secondary N) is 2. The second-order valence-electron chi connectivity index (χ2n) is 5.98. The number of carbonyl (C=O) groups excluding carboxylic acids is 1. The lowest BCUT2D eigenvalue weighted by Gasteiger charge is -2.33. The maximum absolute atomic E-state index is 12.4. The minimum absolute atomic E-state index is 0.0963. The number of amides is 1. The largest absolute Gasteiger partial charge is 0.399 e. The minimum Gasteiger partial charge on any atom is -0.399 e. The number of hydrogen-bond acceptors (Lipinski definition) is 4. The fourth-order valence-corrected chi connectivity index (χ4v) is 2.62. The van der Waals surface area contributed by atoms with Gasteiger partial charge in [-0.05, 0) is 36.5 Å². The van der Waals surface area contributed by atoms with E-state index < -0.39 is 0 Å². The van der Waals surface area contributed by atoms with Gasteiger partial charge in [0.2, 0.25) is 0 Å². The minimum atomic E-state index is -0.167. The van der Waals surface area contributed by atoms with Crippen molar-refractivity contribution in [2.24, 2.45) is 5.41 Å². The van der Waals surface area contributed by atoms with Gasteiger partial charge >= 0.3 is 0 Å². The normalized spacial score (nSPS) is 17.8. The van der Waals surface area contributed by atoms with Crippen molar-refractivity contribution in [1.82, 2.24) is 15.5 Å². The number of nitrogen functional groups attached to an aromatic ring is 1. The number of anilines is 1. The van der Waals surface area contributed by atoms with Crippen LogP contribution in [-0.4, -0.2) is 35.9 Å². The summed E-state index contributed by atoms with van der Waals surface area (Å²) >= 11 is 0. The Morgan fingerprint density at radius 1 is 1.48 bits per heavy atom. The first-order chi connectivity index (χ1) is 10.1. The summed E-state index contributed by atoms with van der Waals surface area (Å²) in [6, 6.07) is 5.38. The van der Waals surface area contributed by atoms with Gasteiger partial charge in [0.15, 0.2) is 5.69 Å². The molecule has 1 aliphatic heterocycles. The van der Waals surface area contributed by atoms with Gasteiger partial charge in [-0.15, -0.1) is 0 Å². The average molecular weight is 288 g/mol. The van der Waals surface area contributed by atoms with Gasteiger partial charge in [0.1, 0.15) is 0 Å². The number of ether oxygens (including phenoxy) is 1. The highest BCUT2D eigenvalue weighted by Crippen LogP contribution is 2.29. The van der Waals surface area contributed by atoms with E-state index in [1.54, 1.807) is 12.1 Å². The van der Waals surface area contributed by atoms with E-state index in [9.17, 15) is 4.79 Å².